The molecule has 1 aromatic carbocycles. The van der Waals surface area contributed by atoms with Gasteiger partial charge in [0.15, 0.2) is 5.96 Å². The molecule has 2 fully saturated rings. The summed E-state index contributed by atoms with van der Waals surface area (Å²) in [5, 5.41) is 35.3. The fraction of sp³-hybridized carbons (Fsp3) is 0.519. The molecule has 1 aromatic rings. The van der Waals surface area contributed by atoms with Crippen LogP contribution in [0.3, 0.4) is 0 Å². The SMILES string of the molecule is N=C(N)NCCC[C@@H]1NC(=O)CNC(=O)[C@H](CC(=O)O)NC(=O)[C@@H](Cc2ccccc2)NC(=O)C2(CCNCC2)NC1=O. The van der Waals surface area contributed by atoms with E-state index in [2.05, 4.69) is 37.2 Å². The molecule has 234 valence electrons. The Labute approximate surface area is 248 Å². The Morgan fingerprint density at radius 1 is 0.953 bits per heavy atom. The van der Waals surface area contributed by atoms with Crippen molar-refractivity contribution in [1.82, 2.24) is 37.2 Å². The lowest BCUT2D eigenvalue weighted by atomic mass is 9.86. The average Bonchev–Trinajstić information content (AvgIpc) is 2.96. The van der Waals surface area contributed by atoms with Crippen LogP contribution in [0.25, 0.3) is 0 Å². The Morgan fingerprint density at radius 3 is 2.30 bits per heavy atom. The van der Waals surface area contributed by atoms with Gasteiger partial charge in [-0.1, -0.05) is 30.3 Å². The fourth-order valence-corrected chi connectivity index (χ4v) is 4.93. The van der Waals surface area contributed by atoms with E-state index in [0.29, 0.717) is 25.1 Å². The highest BCUT2D eigenvalue weighted by molar-refractivity contribution is 5.99. The number of benzene rings is 1. The van der Waals surface area contributed by atoms with Gasteiger partial charge in [0, 0.05) is 13.0 Å². The quantitative estimate of drug-likeness (QED) is 0.0810. The predicted molar refractivity (Wildman–Crippen MR) is 153 cm³/mol. The smallest absolute Gasteiger partial charge is 0.305 e. The maximum Gasteiger partial charge on any atom is 0.305 e. The molecule has 11 N–H and O–H groups in total. The van der Waals surface area contributed by atoms with Gasteiger partial charge in [0.25, 0.3) is 0 Å². The highest BCUT2D eigenvalue weighted by atomic mass is 16.4. The van der Waals surface area contributed by atoms with Gasteiger partial charge < -0.3 is 48.1 Å². The van der Waals surface area contributed by atoms with Gasteiger partial charge in [0.2, 0.25) is 29.5 Å². The number of carboxylic acid groups (broad SMARTS) is 1. The van der Waals surface area contributed by atoms with Crippen LogP contribution in [-0.4, -0.2) is 96.4 Å². The molecule has 0 aromatic heterocycles. The first-order valence-corrected chi connectivity index (χ1v) is 14.0. The molecular formula is C27H39N9O7. The van der Waals surface area contributed by atoms with E-state index >= 15 is 0 Å². The first kappa shape index (κ1) is 32.8. The largest absolute Gasteiger partial charge is 0.481 e. The van der Waals surface area contributed by atoms with E-state index < -0.39 is 72.1 Å². The third-order valence-electron chi connectivity index (χ3n) is 7.23. The van der Waals surface area contributed by atoms with E-state index in [-0.39, 0.29) is 38.2 Å². The first-order valence-electron chi connectivity index (χ1n) is 14.0. The number of rotatable bonds is 8. The summed E-state index contributed by atoms with van der Waals surface area (Å²) in [6.45, 7) is 0.427. The van der Waals surface area contributed by atoms with Crippen molar-refractivity contribution >= 4 is 41.5 Å². The Bertz CT molecular complexity index is 1200. The first-order chi connectivity index (χ1) is 20.5. The van der Waals surface area contributed by atoms with Gasteiger partial charge >= 0.3 is 5.97 Å². The van der Waals surface area contributed by atoms with E-state index in [1.54, 1.807) is 30.3 Å². The number of carboxylic acids is 1. The van der Waals surface area contributed by atoms with Crippen LogP contribution in [0.15, 0.2) is 30.3 Å². The van der Waals surface area contributed by atoms with Crippen molar-refractivity contribution in [3.63, 3.8) is 0 Å². The molecule has 43 heavy (non-hydrogen) atoms. The lowest BCUT2D eigenvalue weighted by Gasteiger charge is -2.39. The van der Waals surface area contributed by atoms with E-state index in [4.69, 9.17) is 11.1 Å². The molecule has 5 amide bonds. The van der Waals surface area contributed by atoms with Gasteiger partial charge in [-0.3, -0.25) is 34.2 Å². The van der Waals surface area contributed by atoms with Crippen molar-refractivity contribution in [3.8, 4) is 0 Å². The average molecular weight is 602 g/mol. The van der Waals surface area contributed by atoms with Crippen LogP contribution in [0.4, 0.5) is 0 Å². The molecule has 16 heteroatoms. The van der Waals surface area contributed by atoms with Crippen LogP contribution in [0.5, 0.6) is 0 Å². The number of carbonyl (C=O) groups is 6. The summed E-state index contributed by atoms with van der Waals surface area (Å²) >= 11 is 0. The van der Waals surface area contributed by atoms with Gasteiger partial charge in [-0.15, -0.1) is 0 Å². The van der Waals surface area contributed by atoms with Crippen LogP contribution in [0, 0.1) is 5.41 Å². The number of nitrogens with two attached hydrogens (primary N) is 1. The minimum Gasteiger partial charge on any atom is -0.481 e. The van der Waals surface area contributed by atoms with Crippen molar-refractivity contribution in [1.29, 1.82) is 5.41 Å². The second-order valence-electron chi connectivity index (χ2n) is 10.5. The second kappa shape index (κ2) is 15.5. The Morgan fingerprint density at radius 2 is 1.65 bits per heavy atom. The number of hydrogen-bond acceptors (Lipinski definition) is 8. The minimum atomic E-state index is -1.54. The van der Waals surface area contributed by atoms with Gasteiger partial charge in [-0.2, -0.15) is 0 Å². The summed E-state index contributed by atoms with van der Waals surface area (Å²) in [5.74, 6) is -5.36. The summed E-state index contributed by atoms with van der Waals surface area (Å²) in [6, 6.07) is 4.92. The lowest BCUT2D eigenvalue weighted by molar-refractivity contribution is -0.141. The van der Waals surface area contributed by atoms with Gasteiger partial charge in [0.1, 0.15) is 23.7 Å². The zero-order valence-corrected chi connectivity index (χ0v) is 23.7. The highest BCUT2D eigenvalue weighted by Crippen LogP contribution is 2.20. The van der Waals surface area contributed by atoms with Crippen LogP contribution in [-0.2, 0) is 35.2 Å². The third kappa shape index (κ3) is 9.95. The van der Waals surface area contributed by atoms with Crippen molar-refractivity contribution in [2.45, 2.75) is 62.2 Å². The number of guanidine groups is 1. The summed E-state index contributed by atoms with van der Waals surface area (Å²) in [6.07, 6.45) is 0.0703. The molecule has 2 aliphatic heterocycles. The molecule has 0 saturated carbocycles. The van der Waals surface area contributed by atoms with Gasteiger partial charge in [-0.25, -0.2) is 0 Å². The highest BCUT2D eigenvalue weighted by Gasteiger charge is 2.44. The van der Waals surface area contributed by atoms with Crippen molar-refractivity contribution in [2.24, 2.45) is 5.73 Å². The Balaban J connectivity index is 1.97. The molecular weight excluding hydrogens is 562 g/mol. The van der Waals surface area contributed by atoms with Crippen LogP contribution in [0.2, 0.25) is 0 Å². The molecule has 3 rings (SSSR count). The van der Waals surface area contributed by atoms with Crippen LogP contribution in [0.1, 0.15) is 37.7 Å². The molecule has 1 spiro atoms. The zero-order valence-electron chi connectivity index (χ0n) is 23.7. The summed E-state index contributed by atoms with van der Waals surface area (Å²) in [4.78, 5) is 78.1. The maximum absolute atomic E-state index is 13.9. The molecule has 0 bridgehead atoms. The molecule has 2 heterocycles. The number of aliphatic carboxylic acids is 1. The van der Waals surface area contributed by atoms with Gasteiger partial charge in [0.05, 0.1) is 13.0 Å². The number of carbonyl (C=O) groups excluding carboxylic acids is 5. The number of hydrogen-bond donors (Lipinski definition) is 10. The standard InChI is InChI=1S/C27H39N9O7/c28-26(29)31-10-4-7-17-24(42)36-27(8-11-30-12-9-27)25(43)35-18(13-16-5-2-1-3-6-16)23(41)34-19(14-21(38)39)22(40)32-15-20(37)33-17/h1-3,5-6,17-19,30H,4,7-15H2,(H,32,40)(H,33,37)(H,34,41)(H,35,43)(H,36,42)(H,38,39)(H4,28,29,31)/t17-,18+,19-/m0/s1. The molecule has 0 unspecified atom stereocenters. The zero-order chi connectivity index (χ0) is 31.4. The molecule has 0 radical (unpaired) electrons. The molecule has 3 atom stereocenters. The third-order valence-corrected chi connectivity index (χ3v) is 7.23. The summed E-state index contributed by atoms with van der Waals surface area (Å²) in [7, 11) is 0. The van der Waals surface area contributed by atoms with Gasteiger partial charge in [-0.05, 0) is 44.3 Å². The predicted octanol–water partition coefficient (Wildman–Crippen LogP) is -3.21. The van der Waals surface area contributed by atoms with Crippen LogP contribution < -0.4 is 43.0 Å². The monoisotopic (exact) mass is 601 g/mol. The van der Waals surface area contributed by atoms with Crippen molar-refractivity contribution in [2.75, 3.05) is 26.2 Å². The molecule has 2 saturated heterocycles. The van der Waals surface area contributed by atoms with Crippen molar-refractivity contribution in [3.05, 3.63) is 35.9 Å². The van der Waals surface area contributed by atoms with E-state index in [9.17, 15) is 33.9 Å². The molecule has 2 aliphatic rings. The Kier molecular flexibility index (Phi) is 11.8. The van der Waals surface area contributed by atoms with E-state index in [1.165, 1.54) is 0 Å². The molecule has 16 nitrogen and oxygen atoms in total. The second-order valence-corrected chi connectivity index (χ2v) is 10.5. The normalized spacial score (nSPS) is 23.3. The minimum absolute atomic E-state index is 0.0217. The lowest BCUT2D eigenvalue weighted by Crippen LogP contribution is -2.67. The van der Waals surface area contributed by atoms with Crippen LogP contribution >= 0.6 is 0 Å². The number of nitrogens with one attached hydrogen (secondary N) is 8. The molecule has 0 aliphatic carbocycles. The maximum atomic E-state index is 13.9. The van der Waals surface area contributed by atoms with E-state index in [1.807, 2.05) is 0 Å². The Hall–Kier alpha value is -4.73. The topological polar surface area (TPSA) is 257 Å². The van der Waals surface area contributed by atoms with Crippen molar-refractivity contribution < 1.29 is 33.9 Å². The number of amides is 5. The number of piperidine rings is 1. The summed E-state index contributed by atoms with van der Waals surface area (Å²) < 4.78 is 0. The summed E-state index contributed by atoms with van der Waals surface area (Å²) in [5.41, 5.74) is 4.58. The van der Waals surface area contributed by atoms with E-state index in [0.717, 1.165) is 0 Å². The fourth-order valence-electron chi connectivity index (χ4n) is 4.93.